The Kier molecular flexibility index (Phi) is 5.70. The van der Waals surface area contributed by atoms with Crippen LogP contribution in [0.5, 0.6) is 0 Å². The van der Waals surface area contributed by atoms with Gasteiger partial charge in [-0.25, -0.2) is 9.97 Å². The molecule has 0 saturated carbocycles. The van der Waals surface area contributed by atoms with Crippen LogP contribution in [-0.2, 0) is 0 Å². The van der Waals surface area contributed by atoms with Crippen LogP contribution in [0, 0.1) is 6.92 Å². The van der Waals surface area contributed by atoms with Gasteiger partial charge < -0.3 is 21.7 Å². The van der Waals surface area contributed by atoms with E-state index < -0.39 is 0 Å². The van der Waals surface area contributed by atoms with Gasteiger partial charge in [0, 0.05) is 64.7 Å². The van der Waals surface area contributed by atoms with Crippen molar-refractivity contribution in [2.45, 2.75) is 6.92 Å². The Morgan fingerprint density at radius 2 is 1.58 bits per heavy atom. The van der Waals surface area contributed by atoms with Gasteiger partial charge in [-0.2, -0.15) is 0 Å². The maximum absolute atomic E-state index is 12.8. The number of benzene rings is 1. The van der Waals surface area contributed by atoms with E-state index in [9.17, 15) is 4.79 Å². The average Bonchev–Trinajstić information content (AvgIpc) is 2.74. The standard InChI is InChI=1S/C23H21N7O/c1-15-11-20(13-21(24)27-15)29-18-4-2-3-16(12-18)23(31)30-22-14-19(7-10-26-22)28-17-5-8-25-9-6-17/h2-14H,1H3,(H3,24,27,29)(H2,25,26,28,30,31). The molecule has 0 aliphatic carbocycles. The molecular formula is C23H21N7O. The minimum Gasteiger partial charge on any atom is -0.384 e. The number of hydrogen-bond acceptors (Lipinski definition) is 7. The van der Waals surface area contributed by atoms with E-state index in [2.05, 4.69) is 30.9 Å². The van der Waals surface area contributed by atoms with Gasteiger partial charge >= 0.3 is 0 Å². The van der Waals surface area contributed by atoms with Crippen molar-refractivity contribution in [3.63, 3.8) is 0 Å². The first kappa shape index (κ1) is 19.8. The number of hydrogen-bond donors (Lipinski definition) is 4. The smallest absolute Gasteiger partial charge is 0.256 e. The number of aryl methyl sites for hydroxylation is 1. The van der Waals surface area contributed by atoms with Crippen molar-refractivity contribution in [3.8, 4) is 0 Å². The van der Waals surface area contributed by atoms with Crippen molar-refractivity contribution in [3.05, 3.63) is 90.5 Å². The zero-order valence-electron chi connectivity index (χ0n) is 16.8. The van der Waals surface area contributed by atoms with Gasteiger partial charge in [-0.3, -0.25) is 9.78 Å². The van der Waals surface area contributed by atoms with Gasteiger partial charge in [0.1, 0.15) is 11.6 Å². The summed E-state index contributed by atoms with van der Waals surface area (Å²) in [5.74, 6) is 0.616. The number of rotatable bonds is 6. The molecule has 5 N–H and O–H groups in total. The van der Waals surface area contributed by atoms with Crippen LogP contribution < -0.4 is 21.7 Å². The van der Waals surface area contributed by atoms with Gasteiger partial charge in [0.05, 0.1) is 0 Å². The summed E-state index contributed by atoms with van der Waals surface area (Å²) < 4.78 is 0. The highest BCUT2D eigenvalue weighted by atomic mass is 16.1. The zero-order chi connectivity index (χ0) is 21.6. The maximum Gasteiger partial charge on any atom is 0.256 e. The molecule has 0 aliphatic rings. The largest absolute Gasteiger partial charge is 0.384 e. The molecule has 1 amide bonds. The van der Waals surface area contributed by atoms with E-state index in [0.717, 1.165) is 28.4 Å². The molecule has 0 saturated heterocycles. The fourth-order valence-electron chi connectivity index (χ4n) is 3.04. The molecule has 0 bridgehead atoms. The highest BCUT2D eigenvalue weighted by molar-refractivity contribution is 6.04. The summed E-state index contributed by atoms with van der Waals surface area (Å²) in [4.78, 5) is 25.2. The topological polar surface area (TPSA) is 118 Å². The molecular weight excluding hydrogens is 390 g/mol. The predicted octanol–water partition coefficient (Wildman–Crippen LogP) is 4.50. The van der Waals surface area contributed by atoms with Crippen LogP contribution in [0.2, 0.25) is 0 Å². The third kappa shape index (κ3) is 5.33. The normalized spacial score (nSPS) is 10.4. The fraction of sp³-hybridized carbons (Fsp3) is 0.0435. The fourth-order valence-corrected chi connectivity index (χ4v) is 3.04. The van der Waals surface area contributed by atoms with Crippen LogP contribution in [0.4, 0.5) is 34.4 Å². The number of nitrogens with one attached hydrogen (secondary N) is 3. The number of anilines is 6. The van der Waals surface area contributed by atoms with Gasteiger partial charge in [-0.1, -0.05) is 6.07 Å². The monoisotopic (exact) mass is 411 g/mol. The summed E-state index contributed by atoms with van der Waals surface area (Å²) in [5.41, 5.74) is 10.4. The van der Waals surface area contributed by atoms with E-state index in [0.29, 0.717) is 17.2 Å². The van der Waals surface area contributed by atoms with Gasteiger partial charge in [0.25, 0.3) is 5.91 Å². The second-order valence-corrected chi connectivity index (χ2v) is 6.87. The van der Waals surface area contributed by atoms with Crippen molar-refractivity contribution in [1.29, 1.82) is 0 Å². The lowest BCUT2D eigenvalue weighted by atomic mass is 10.1. The first-order chi connectivity index (χ1) is 15.0. The molecule has 0 spiro atoms. The molecule has 8 heteroatoms. The Balaban J connectivity index is 1.46. The average molecular weight is 411 g/mol. The number of aromatic nitrogens is 3. The molecule has 8 nitrogen and oxygen atoms in total. The van der Waals surface area contributed by atoms with Crippen LogP contribution >= 0.6 is 0 Å². The zero-order valence-corrected chi connectivity index (χ0v) is 16.8. The Hall–Kier alpha value is -4.46. The van der Waals surface area contributed by atoms with Crippen LogP contribution in [0.25, 0.3) is 0 Å². The summed E-state index contributed by atoms with van der Waals surface area (Å²) in [5, 5.41) is 9.33. The minimum atomic E-state index is -0.261. The van der Waals surface area contributed by atoms with Crippen molar-refractivity contribution >= 4 is 40.3 Å². The van der Waals surface area contributed by atoms with E-state index in [1.54, 1.807) is 42.9 Å². The molecule has 0 fully saturated rings. The number of nitrogens with zero attached hydrogens (tertiary/aromatic N) is 3. The Morgan fingerprint density at radius 3 is 2.39 bits per heavy atom. The minimum absolute atomic E-state index is 0.261. The summed E-state index contributed by atoms with van der Waals surface area (Å²) in [6.07, 6.45) is 5.04. The number of carbonyl (C=O) groups excluding carboxylic acids is 1. The van der Waals surface area contributed by atoms with Crippen LogP contribution in [-0.4, -0.2) is 20.9 Å². The van der Waals surface area contributed by atoms with E-state index >= 15 is 0 Å². The highest BCUT2D eigenvalue weighted by Crippen LogP contribution is 2.21. The van der Waals surface area contributed by atoms with Crippen molar-refractivity contribution in [2.24, 2.45) is 0 Å². The van der Waals surface area contributed by atoms with Gasteiger partial charge in [-0.15, -0.1) is 0 Å². The molecule has 4 rings (SSSR count). The Morgan fingerprint density at radius 1 is 0.839 bits per heavy atom. The lowest BCUT2D eigenvalue weighted by molar-refractivity contribution is 0.102. The number of nitrogens with two attached hydrogens (primary N) is 1. The lowest BCUT2D eigenvalue weighted by Crippen LogP contribution is -2.13. The third-order valence-electron chi connectivity index (χ3n) is 4.36. The molecule has 0 unspecified atom stereocenters. The van der Waals surface area contributed by atoms with Crippen LogP contribution in [0.1, 0.15) is 16.1 Å². The van der Waals surface area contributed by atoms with E-state index in [1.165, 1.54) is 0 Å². The van der Waals surface area contributed by atoms with Gasteiger partial charge in [0.2, 0.25) is 0 Å². The Bertz CT molecular complexity index is 1190. The molecule has 3 aromatic heterocycles. The third-order valence-corrected chi connectivity index (χ3v) is 4.36. The summed E-state index contributed by atoms with van der Waals surface area (Å²) in [6, 6.07) is 18.1. The van der Waals surface area contributed by atoms with E-state index in [4.69, 9.17) is 5.73 Å². The number of amides is 1. The van der Waals surface area contributed by atoms with Crippen LogP contribution in [0.15, 0.2) is 79.3 Å². The predicted molar refractivity (Wildman–Crippen MR) is 123 cm³/mol. The first-order valence-electron chi connectivity index (χ1n) is 9.61. The number of carbonyl (C=O) groups is 1. The second-order valence-electron chi connectivity index (χ2n) is 6.87. The Labute approximate surface area is 179 Å². The van der Waals surface area contributed by atoms with Crippen molar-refractivity contribution in [2.75, 3.05) is 21.7 Å². The molecule has 0 atom stereocenters. The number of nitrogen functional groups attached to an aromatic ring is 1. The molecule has 0 radical (unpaired) electrons. The summed E-state index contributed by atoms with van der Waals surface area (Å²) in [7, 11) is 0. The van der Waals surface area contributed by atoms with Crippen LogP contribution in [0.3, 0.4) is 0 Å². The SMILES string of the molecule is Cc1cc(Nc2cccc(C(=O)Nc3cc(Nc4ccncc4)ccn3)c2)cc(N)n1. The van der Waals surface area contributed by atoms with E-state index in [-0.39, 0.29) is 5.91 Å². The molecule has 0 aliphatic heterocycles. The molecule has 31 heavy (non-hydrogen) atoms. The van der Waals surface area contributed by atoms with Gasteiger partial charge in [-0.05, 0) is 49.4 Å². The van der Waals surface area contributed by atoms with Crippen molar-refractivity contribution < 1.29 is 4.79 Å². The number of pyridine rings is 3. The van der Waals surface area contributed by atoms with Crippen molar-refractivity contribution in [1.82, 2.24) is 15.0 Å². The second kappa shape index (κ2) is 8.91. The summed E-state index contributed by atoms with van der Waals surface area (Å²) in [6.45, 7) is 1.87. The molecule has 3 heterocycles. The molecule has 1 aromatic carbocycles. The maximum atomic E-state index is 12.8. The molecule has 4 aromatic rings. The quantitative estimate of drug-likeness (QED) is 0.369. The summed E-state index contributed by atoms with van der Waals surface area (Å²) >= 11 is 0. The lowest BCUT2D eigenvalue weighted by Gasteiger charge is -2.11. The highest BCUT2D eigenvalue weighted by Gasteiger charge is 2.09. The van der Waals surface area contributed by atoms with E-state index in [1.807, 2.05) is 43.3 Å². The molecule has 154 valence electrons. The first-order valence-corrected chi connectivity index (χ1v) is 9.61. The van der Waals surface area contributed by atoms with Gasteiger partial charge in [0.15, 0.2) is 0 Å².